The standard InChI is InChI=1S/C25H28FN3O3/c1-3-25(20-10-12-21(26)13-11-20)23(31)29(24(32)28-25)15-22(30)27-16(2)18-9-8-17-6-4-5-7-19(17)14-18/h8-14,16H,3-7,15H2,1-2H3,(H,27,30)(H,28,32)/t16-,25+/m0/s1. The van der Waals surface area contributed by atoms with Crippen LogP contribution in [0.1, 0.15) is 61.4 Å². The minimum Gasteiger partial charge on any atom is -0.348 e. The molecular formula is C25H28FN3O3. The molecule has 168 valence electrons. The van der Waals surface area contributed by atoms with Gasteiger partial charge in [0.2, 0.25) is 5.91 Å². The van der Waals surface area contributed by atoms with Crippen molar-refractivity contribution < 1.29 is 18.8 Å². The molecule has 0 aromatic heterocycles. The van der Waals surface area contributed by atoms with E-state index in [-0.39, 0.29) is 19.0 Å². The second kappa shape index (κ2) is 8.73. The third kappa shape index (κ3) is 3.99. The summed E-state index contributed by atoms with van der Waals surface area (Å²) in [4.78, 5) is 39.4. The van der Waals surface area contributed by atoms with Crippen LogP contribution in [-0.2, 0) is 28.0 Å². The molecule has 2 aromatic carbocycles. The summed E-state index contributed by atoms with van der Waals surface area (Å²) in [6.07, 6.45) is 4.82. The lowest BCUT2D eigenvalue weighted by Crippen LogP contribution is -2.45. The van der Waals surface area contributed by atoms with Gasteiger partial charge in [-0.15, -0.1) is 0 Å². The summed E-state index contributed by atoms with van der Waals surface area (Å²) in [5.74, 6) is -1.35. The Hall–Kier alpha value is -3.22. The quantitative estimate of drug-likeness (QED) is 0.676. The molecule has 4 rings (SSSR count). The molecule has 6 nitrogen and oxygen atoms in total. The average molecular weight is 438 g/mol. The molecule has 0 bridgehead atoms. The molecular weight excluding hydrogens is 409 g/mol. The van der Waals surface area contributed by atoms with Crippen molar-refractivity contribution >= 4 is 17.8 Å². The van der Waals surface area contributed by atoms with Gasteiger partial charge in [-0.2, -0.15) is 0 Å². The second-order valence-electron chi connectivity index (χ2n) is 8.61. The minimum atomic E-state index is -1.30. The number of amides is 4. The van der Waals surface area contributed by atoms with E-state index in [1.807, 2.05) is 13.0 Å². The van der Waals surface area contributed by atoms with Crippen LogP contribution in [0.2, 0.25) is 0 Å². The molecule has 0 saturated carbocycles. The van der Waals surface area contributed by atoms with Crippen LogP contribution in [0.5, 0.6) is 0 Å². The summed E-state index contributed by atoms with van der Waals surface area (Å²) in [5, 5.41) is 5.61. The first-order valence-electron chi connectivity index (χ1n) is 11.2. The molecule has 1 saturated heterocycles. The maximum atomic E-state index is 13.3. The number of imide groups is 1. The predicted molar refractivity (Wildman–Crippen MR) is 118 cm³/mol. The summed E-state index contributed by atoms with van der Waals surface area (Å²) in [7, 11) is 0. The number of urea groups is 1. The zero-order valence-electron chi connectivity index (χ0n) is 18.4. The van der Waals surface area contributed by atoms with Crippen molar-refractivity contribution in [2.45, 2.75) is 57.5 Å². The number of halogens is 1. The molecule has 0 unspecified atom stereocenters. The van der Waals surface area contributed by atoms with Crippen LogP contribution in [0.15, 0.2) is 42.5 Å². The van der Waals surface area contributed by atoms with E-state index >= 15 is 0 Å². The number of carbonyl (C=O) groups excluding carboxylic acids is 3. The van der Waals surface area contributed by atoms with E-state index < -0.39 is 29.2 Å². The highest BCUT2D eigenvalue weighted by molar-refractivity contribution is 6.09. The van der Waals surface area contributed by atoms with E-state index in [1.54, 1.807) is 6.92 Å². The highest BCUT2D eigenvalue weighted by Crippen LogP contribution is 2.32. The van der Waals surface area contributed by atoms with Gasteiger partial charge < -0.3 is 10.6 Å². The fourth-order valence-corrected chi connectivity index (χ4v) is 4.68. The zero-order valence-corrected chi connectivity index (χ0v) is 18.4. The van der Waals surface area contributed by atoms with Crippen LogP contribution in [0.3, 0.4) is 0 Å². The summed E-state index contributed by atoms with van der Waals surface area (Å²) in [6, 6.07) is 10.9. The molecule has 2 atom stereocenters. The van der Waals surface area contributed by atoms with Gasteiger partial charge in [-0.1, -0.05) is 37.3 Å². The van der Waals surface area contributed by atoms with Gasteiger partial charge in [0.1, 0.15) is 17.9 Å². The molecule has 1 heterocycles. The smallest absolute Gasteiger partial charge is 0.325 e. The summed E-state index contributed by atoms with van der Waals surface area (Å²) in [6.45, 7) is 3.29. The third-order valence-electron chi connectivity index (χ3n) is 6.59. The summed E-state index contributed by atoms with van der Waals surface area (Å²) in [5.41, 5.74) is 2.90. The average Bonchev–Trinajstić information content (AvgIpc) is 3.04. The van der Waals surface area contributed by atoms with E-state index in [2.05, 4.69) is 22.8 Å². The molecule has 7 heteroatoms. The Balaban J connectivity index is 1.45. The predicted octanol–water partition coefficient (Wildman–Crippen LogP) is 3.74. The first kappa shape index (κ1) is 22.0. The lowest BCUT2D eigenvalue weighted by atomic mass is 9.87. The number of carbonyl (C=O) groups is 3. The molecule has 2 aliphatic rings. The summed E-state index contributed by atoms with van der Waals surface area (Å²) < 4.78 is 13.3. The number of hydrogen-bond acceptors (Lipinski definition) is 3. The molecule has 4 amide bonds. The number of nitrogens with zero attached hydrogens (tertiary/aromatic N) is 1. The summed E-state index contributed by atoms with van der Waals surface area (Å²) >= 11 is 0. The van der Waals surface area contributed by atoms with E-state index in [0.29, 0.717) is 5.56 Å². The number of benzene rings is 2. The van der Waals surface area contributed by atoms with Crippen molar-refractivity contribution in [1.82, 2.24) is 15.5 Å². The van der Waals surface area contributed by atoms with Crippen LogP contribution in [-0.4, -0.2) is 29.3 Å². The van der Waals surface area contributed by atoms with Gasteiger partial charge in [0.05, 0.1) is 6.04 Å². The molecule has 2 aromatic rings. The van der Waals surface area contributed by atoms with Gasteiger partial charge in [-0.05, 0) is 73.4 Å². The fraction of sp³-hybridized carbons (Fsp3) is 0.400. The fourth-order valence-electron chi connectivity index (χ4n) is 4.68. The first-order chi connectivity index (χ1) is 15.3. The maximum Gasteiger partial charge on any atom is 0.325 e. The molecule has 1 fully saturated rings. The van der Waals surface area contributed by atoms with Crippen molar-refractivity contribution in [2.24, 2.45) is 0 Å². The number of fused-ring (bicyclic) bond motifs is 1. The van der Waals surface area contributed by atoms with Gasteiger partial charge in [0.15, 0.2) is 0 Å². The van der Waals surface area contributed by atoms with Crippen LogP contribution in [0.4, 0.5) is 9.18 Å². The van der Waals surface area contributed by atoms with Gasteiger partial charge in [-0.25, -0.2) is 9.18 Å². The molecule has 32 heavy (non-hydrogen) atoms. The minimum absolute atomic E-state index is 0.247. The highest BCUT2D eigenvalue weighted by atomic mass is 19.1. The van der Waals surface area contributed by atoms with Crippen molar-refractivity contribution in [3.05, 3.63) is 70.5 Å². The van der Waals surface area contributed by atoms with E-state index in [4.69, 9.17) is 0 Å². The van der Waals surface area contributed by atoms with Gasteiger partial charge in [0, 0.05) is 0 Å². The molecule has 2 N–H and O–H groups in total. The number of nitrogens with one attached hydrogen (secondary N) is 2. The van der Waals surface area contributed by atoms with Crippen LogP contribution in [0, 0.1) is 5.82 Å². The van der Waals surface area contributed by atoms with E-state index in [0.717, 1.165) is 23.3 Å². The van der Waals surface area contributed by atoms with Crippen molar-refractivity contribution in [1.29, 1.82) is 0 Å². The van der Waals surface area contributed by atoms with Crippen LogP contribution >= 0.6 is 0 Å². The second-order valence-corrected chi connectivity index (χ2v) is 8.61. The van der Waals surface area contributed by atoms with Crippen molar-refractivity contribution in [3.8, 4) is 0 Å². The molecule has 0 radical (unpaired) electrons. The van der Waals surface area contributed by atoms with Crippen LogP contribution in [0.25, 0.3) is 0 Å². The van der Waals surface area contributed by atoms with Crippen LogP contribution < -0.4 is 10.6 Å². The van der Waals surface area contributed by atoms with Gasteiger partial charge in [-0.3, -0.25) is 14.5 Å². The van der Waals surface area contributed by atoms with Gasteiger partial charge in [0.25, 0.3) is 5.91 Å². The monoisotopic (exact) mass is 437 g/mol. The van der Waals surface area contributed by atoms with Crippen molar-refractivity contribution in [3.63, 3.8) is 0 Å². The molecule has 0 spiro atoms. The first-order valence-corrected chi connectivity index (χ1v) is 11.2. The topological polar surface area (TPSA) is 78.5 Å². The Morgan fingerprint density at radius 3 is 2.50 bits per heavy atom. The normalized spacial score (nSPS) is 21.2. The lowest BCUT2D eigenvalue weighted by molar-refractivity contribution is -0.135. The lowest BCUT2D eigenvalue weighted by Gasteiger charge is -2.26. The Morgan fingerprint density at radius 2 is 1.81 bits per heavy atom. The molecule has 1 aliphatic heterocycles. The Morgan fingerprint density at radius 1 is 1.12 bits per heavy atom. The largest absolute Gasteiger partial charge is 0.348 e. The SMILES string of the molecule is CC[C@]1(c2ccc(F)cc2)NC(=O)N(CC(=O)N[C@@H](C)c2ccc3c(c2)CCCC3)C1=O. The van der Waals surface area contributed by atoms with Gasteiger partial charge >= 0.3 is 6.03 Å². The Bertz CT molecular complexity index is 1050. The highest BCUT2D eigenvalue weighted by Gasteiger charge is 2.51. The Kier molecular flexibility index (Phi) is 6.00. The maximum absolute atomic E-state index is 13.3. The number of rotatable bonds is 6. The number of hydrogen-bond donors (Lipinski definition) is 2. The molecule has 1 aliphatic carbocycles. The van der Waals surface area contributed by atoms with E-state index in [1.165, 1.54) is 48.2 Å². The third-order valence-corrected chi connectivity index (χ3v) is 6.59. The van der Waals surface area contributed by atoms with Crippen molar-refractivity contribution in [2.75, 3.05) is 6.54 Å². The Labute approximate surface area is 187 Å². The van der Waals surface area contributed by atoms with E-state index in [9.17, 15) is 18.8 Å². The number of aryl methyl sites for hydroxylation is 2. The zero-order chi connectivity index (χ0) is 22.9.